The van der Waals surface area contributed by atoms with Crippen LogP contribution < -0.4 is 14.5 Å². The summed E-state index contributed by atoms with van der Waals surface area (Å²) in [5.74, 6) is -1.13. The van der Waals surface area contributed by atoms with Crippen LogP contribution in [0.5, 0.6) is 0 Å². The smallest absolute Gasteiger partial charge is 0.241 e. The Balaban J connectivity index is 1.61. The molecule has 0 radical (unpaired) electrons. The van der Waals surface area contributed by atoms with Gasteiger partial charge in [-0.3, -0.25) is 9.10 Å². The minimum Gasteiger partial charge on any atom is -0.372 e. The second kappa shape index (κ2) is 9.66. The van der Waals surface area contributed by atoms with E-state index in [1.807, 2.05) is 24.3 Å². The Labute approximate surface area is 181 Å². The molecule has 1 fully saturated rings. The summed E-state index contributed by atoms with van der Waals surface area (Å²) in [5.41, 5.74) is 2.21. The van der Waals surface area contributed by atoms with Gasteiger partial charge >= 0.3 is 0 Å². The van der Waals surface area contributed by atoms with Crippen molar-refractivity contribution in [3.05, 3.63) is 58.9 Å². The van der Waals surface area contributed by atoms with Gasteiger partial charge in [0.25, 0.3) is 0 Å². The monoisotopic (exact) mass is 453 g/mol. The Hall–Kier alpha value is -2.32. The molecule has 30 heavy (non-hydrogen) atoms. The Bertz CT molecular complexity index is 993. The highest BCUT2D eigenvalue weighted by Gasteiger charge is 2.21. The van der Waals surface area contributed by atoms with Crippen LogP contribution in [0, 0.1) is 5.82 Å². The number of halogens is 2. The number of nitrogens with zero attached hydrogens (tertiary/aromatic N) is 2. The first-order valence-electron chi connectivity index (χ1n) is 9.77. The van der Waals surface area contributed by atoms with Crippen LogP contribution in [0.1, 0.15) is 24.8 Å². The third-order valence-electron chi connectivity index (χ3n) is 5.03. The zero-order chi connectivity index (χ0) is 21.7. The number of anilines is 2. The first-order valence-corrected chi connectivity index (χ1v) is 12.0. The fourth-order valence-electron chi connectivity index (χ4n) is 3.40. The van der Waals surface area contributed by atoms with Crippen molar-refractivity contribution >= 4 is 38.9 Å². The maximum absolute atomic E-state index is 13.4. The summed E-state index contributed by atoms with van der Waals surface area (Å²) in [7, 11) is -3.76. The number of hydrogen-bond donors (Lipinski definition) is 1. The van der Waals surface area contributed by atoms with Crippen molar-refractivity contribution in [3.63, 3.8) is 0 Å². The maximum atomic E-state index is 13.4. The van der Waals surface area contributed by atoms with Crippen LogP contribution in [0.25, 0.3) is 0 Å². The molecule has 9 heteroatoms. The highest BCUT2D eigenvalue weighted by Crippen LogP contribution is 2.24. The second-order valence-corrected chi connectivity index (χ2v) is 9.67. The molecule has 1 amide bonds. The lowest BCUT2D eigenvalue weighted by molar-refractivity contribution is -0.119. The molecule has 1 saturated heterocycles. The quantitative estimate of drug-likeness (QED) is 0.696. The van der Waals surface area contributed by atoms with Gasteiger partial charge in [0, 0.05) is 25.3 Å². The Morgan fingerprint density at radius 1 is 1.13 bits per heavy atom. The summed E-state index contributed by atoms with van der Waals surface area (Å²) < 4.78 is 38.6. The summed E-state index contributed by atoms with van der Waals surface area (Å²) in [6.07, 6.45) is 4.66. The van der Waals surface area contributed by atoms with Crippen molar-refractivity contribution in [2.24, 2.45) is 0 Å². The summed E-state index contributed by atoms with van der Waals surface area (Å²) in [6.45, 7) is 1.98. The molecule has 1 heterocycles. The highest BCUT2D eigenvalue weighted by atomic mass is 35.5. The van der Waals surface area contributed by atoms with E-state index in [-0.39, 0.29) is 17.3 Å². The van der Waals surface area contributed by atoms with E-state index in [0.29, 0.717) is 0 Å². The number of hydrogen-bond acceptors (Lipinski definition) is 4. The predicted molar refractivity (Wildman–Crippen MR) is 118 cm³/mol. The normalized spacial score (nSPS) is 14.4. The highest BCUT2D eigenvalue weighted by molar-refractivity contribution is 7.92. The van der Waals surface area contributed by atoms with E-state index in [2.05, 4.69) is 10.2 Å². The SMILES string of the molecule is CS(=O)(=O)N(CC(=O)NCc1ccc(N2CCCCC2)cc1)c1ccc(F)c(Cl)c1. The molecule has 6 nitrogen and oxygen atoms in total. The molecule has 0 atom stereocenters. The predicted octanol–water partition coefficient (Wildman–Crippen LogP) is 3.55. The Morgan fingerprint density at radius 3 is 2.40 bits per heavy atom. The molecule has 3 rings (SSSR count). The average molecular weight is 454 g/mol. The largest absolute Gasteiger partial charge is 0.372 e. The number of amides is 1. The van der Waals surface area contributed by atoms with Crippen molar-refractivity contribution in [2.45, 2.75) is 25.8 Å². The zero-order valence-electron chi connectivity index (χ0n) is 16.8. The number of piperidine rings is 1. The zero-order valence-corrected chi connectivity index (χ0v) is 18.3. The molecule has 0 bridgehead atoms. The lowest BCUT2D eigenvalue weighted by atomic mass is 10.1. The number of benzene rings is 2. The molecule has 2 aromatic rings. The number of carbonyl (C=O) groups is 1. The lowest BCUT2D eigenvalue weighted by Gasteiger charge is -2.28. The molecule has 1 aliphatic heterocycles. The molecule has 0 spiro atoms. The molecule has 162 valence electrons. The van der Waals surface area contributed by atoms with Crippen LogP contribution in [0.3, 0.4) is 0 Å². The van der Waals surface area contributed by atoms with E-state index < -0.39 is 28.3 Å². The van der Waals surface area contributed by atoms with Crippen LogP contribution in [0.15, 0.2) is 42.5 Å². The molecule has 0 aliphatic carbocycles. The van der Waals surface area contributed by atoms with Gasteiger partial charge in [-0.05, 0) is 55.2 Å². The van der Waals surface area contributed by atoms with E-state index in [4.69, 9.17) is 11.6 Å². The molecular weight excluding hydrogens is 429 g/mol. The van der Waals surface area contributed by atoms with E-state index in [9.17, 15) is 17.6 Å². The van der Waals surface area contributed by atoms with Gasteiger partial charge in [-0.25, -0.2) is 12.8 Å². The minimum atomic E-state index is -3.76. The van der Waals surface area contributed by atoms with Crippen molar-refractivity contribution < 1.29 is 17.6 Å². The number of rotatable bonds is 7. The first kappa shape index (κ1) is 22.4. The van der Waals surface area contributed by atoms with Crippen molar-refractivity contribution in [1.82, 2.24) is 5.32 Å². The molecule has 2 aromatic carbocycles. The van der Waals surface area contributed by atoms with Crippen LogP contribution in [0.4, 0.5) is 15.8 Å². The Morgan fingerprint density at radius 2 is 1.80 bits per heavy atom. The van der Waals surface area contributed by atoms with Crippen LogP contribution in [0.2, 0.25) is 5.02 Å². The average Bonchev–Trinajstić information content (AvgIpc) is 2.73. The van der Waals surface area contributed by atoms with Gasteiger partial charge in [-0.1, -0.05) is 23.7 Å². The number of sulfonamides is 1. The summed E-state index contributed by atoms with van der Waals surface area (Å²) in [4.78, 5) is 14.7. The van der Waals surface area contributed by atoms with E-state index in [1.54, 1.807) is 0 Å². The summed E-state index contributed by atoms with van der Waals surface area (Å²) >= 11 is 5.75. The van der Waals surface area contributed by atoms with Gasteiger partial charge in [0.15, 0.2) is 0 Å². The minimum absolute atomic E-state index is 0.130. The molecule has 0 unspecified atom stereocenters. The third-order valence-corrected chi connectivity index (χ3v) is 6.46. The number of nitrogens with one attached hydrogen (secondary N) is 1. The summed E-state index contributed by atoms with van der Waals surface area (Å²) in [5, 5.41) is 2.52. The fraction of sp³-hybridized carbons (Fsp3) is 0.381. The standard InChI is InChI=1S/C21H25ClFN3O3S/c1-30(28,29)26(18-9-10-20(23)19(22)13-18)15-21(27)24-14-16-5-7-17(8-6-16)25-11-3-2-4-12-25/h5-10,13H,2-4,11-12,14-15H2,1H3,(H,24,27). The number of carbonyl (C=O) groups excluding carboxylic acids is 1. The van der Waals surface area contributed by atoms with E-state index >= 15 is 0 Å². The fourth-order valence-corrected chi connectivity index (χ4v) is 4.43. The Kier molecular flexibility index (Phi) is 7.20. The van der Waals surface area contributed by atoms with Gasteiger partial charge < -0.3 is 10.2 Å². The van der Waals surface area contributed by atoms with Gasteiger partial charge in [-0.15, -0.1) is 0 Å². The van der Waals surface area contributed by atoms with Crippen LogP contribution in [-0.2, 0) is 21.4 Å². The molecule has 0 saturated carbocycles. The van der Waals surface area contributed by atoms with Gasteiger partial charge in [-0.2, -0.15) is 0 Å². The third kappa shape index (κ3) is 5.86. The molecular formula is C21H25ClFN3O3S. The molecule has 1 aliphatic rings. The molecule has 0 aromatic heterocycles. The molecule has 1 N–H and O–H groups in total. The van der Waals surface area contributed by atoms with Gasteiger partial charge in [0.2, 0.25) is 15.9 Å². The lowest BCUT2D eigenvalue weighted by Crippen LogP contribution is -2.40. The van der Waals surface area contributed by atoms with E-state index in [1.165, 1.54) is 37.1 Å². The van der Waals surface area contributed by atoms with Crippen molar-refractivity contribution in [3.8, 4) is 0 Å². The first-order chi connectivity index (χ1) is 14.2. The van der Waals surface area contributed by atoms with Crippen molar-refractivity contribution in [2.75, 3.05) is 35.1 Å². The van der Waals surface area contributed by atoms with E-state index in [0.717, 1.165) is 35.3 Å². The topological polar surface area (TPSA) is 69.7 Å². The summed E-state index contributed by atoms with van der Waals surface area (Å²) in [6, 6.07) is 11.5. The van der Waals surface area contributed by atoms with Crippen LogP contribution in [-0.4, -0.2) is 40.2 Å². The van der Waals surface area contributed by atoms with Gasteiger partial charge in [0.05, 0.1) is 17.0 Å². The van der Waals surface area contributed by atoms with Crippen molar-refractivity contribution in [1.29, 1.82) is 0 Å². The second-order valence-electron chi connectivity index (χ2n) is 7.36. The maximum Gasteiger partial charge on any atom is 0.241 e. The van der Waals surface area contributed by atoms with Gasteiger partial charge in [0.1, 0.15) is 12.4 Å². The van der Waals surface area contributed by atoms with Crippen LogP contribution >= 0.6 is 11.6 Å².